The van der Waals surface area contributed by atoms with E-state index in [1.165, 1.54) is 0 Å². The van der Waals surface area contributed by atoms with Gasteiger partial charge in [0, 0.05) is 33.2 Å². The van der Waals surface area contributed by atoms with E-state index < -0.39 is 0 Å². The summed E-state index contributed by atoms with van der Waals surface area (Å²) >= 11 is 0. The van der Waals surface area contributed by atoms with Gasteiger partial charge in [0.1, 0.15) is 11.2 Å². The van der Waals surface area contributed by atoms with E-state index >= 15 is 0 Å². The zero-order chi connectivity index (χ0) is 43.3. The van der Waals surface area contributed by atoms with E-state index in [1.54, 1.807) is 0 Å². The molecule has 0 saturated heterocycles. The molecule has 0 spiro atoms. The first-order valence-corrected chi connectivity index (χ1v) is 20.2. The molecule has 2 nitrogen and oxygen atoms in total. The van der Waals surface area contributed by atoms with E-state index in [2.05, 4.69) is 78.9 Å². The molecule has 2 heteroatoms. The van der Waals surface area contributed by atoms with Crippen molar-refractivity contribution in [2.45, 2.75) is 0 Å². The van der Waals surface area contributed by atoms with Gasteiger partial charge < -0.3 is 9.32 Å². The molecule has 60 heavy (non-hydrogen) atoms. The average Bonchev–Trinajstić information content (AvgIpc) is 3.76. The summed E-state index contributed by atoms with van der Waals surface area (Å²) in [7, 11) is 0. The minimum absolute atomic E-state index is 0.107. The summed E-state index contributed by atoms with van der Waals surface area (Å²) in [6.07, 6.45) is 0. The Balaban J connectivity index is 1.03. The maximum atomic E-state index is 9.58. The van der Waals surface area contributed by atoms with Crippen molar-refractivity contribution in [3.8, 4) is 55.6 Å². The SMILES string of the molecule is [2H]c1c([2H])c(N(c2ccc(-c3ccc(-c4ccccc4)cc3)cc2)c2ccc(-c3cccc4oc5c6ccccc6ccc5c34)cc2)c([2H])c([2H])c1-c1cccc(-c2ccccc2)c1. The molecule has 0 aliphatic heterocycles. The fourth-order valence-electron chi connectivity index (χ4n) is 8.33. The maximum absolute atomic E-state index is 9.58. The second kappa shape index (κ2) is 15.1. The van der Waals surface area contributed by atoms with Gasteiger partial charge in [-0.25, -0.2) is 0 Å². The monoisotopic (exact) mass is 769 g/mol. The summed E-state index contributed by atoms with van der Waals surface area (Å²) in [5.41, 5.74) is 12.4. The van der Waals surface area contributed by atoms with Crippen molar-refractivity contribution in [2.75, 3.05) is 4.90 Å². The maximum Gasteiger partial charge on any atom is 0.143 e. The molecule has 0 bridgehead atoms. The van der Waals surface area contributed by atoms with E-state index in [0.29, 0.717) is 16.9 Å². The number of furan rings is 1. The first-order valence-electron chi connectivity index (χ1n) is 22.2. The number of hydrogen-bond donors (Lipinski definition) is 0. The van der Waals surface area contributed by atoms with Crippen molar-refractivity contribution in [3.63, 3.8) is 0 Å². The Hall–Kier alpha value is -7.94. The first kappa shape index (κ1) is 31.1. The van der Waals surface area contributed by atoms with Gasteiger partial charge in [-0.3, -0.25) is 0 Å². The highest BCUT2D eigenvalue weighted by molar-refractivity contribution is 6.19. The number of benzene rings is 10. The molecule has 0 fully saturated rings. The Kier molecular flexibility index (Phi) is 7.83. The molecule has 0 unspecified atom stereocenters. The molecule has 0 aliphatic carbocycles. The molecule has 1 heterocycles. The van der Waals surface area contributed by atoms with E-state index in [1.807, 2.05) is 138 Å². The normalized spacial score (nSPS) is 12.3. The molecule has 10 aromatic carbocycles. The predicted molar refractivity (Wildman–Crippen MR) is 253 cm³/mol. The summed E-state index contributed by atoms with van der Waals surface area (Å²) in [6.45, 7) is 0. The molecule has 0 N–H and O–H groups in total. The lowest BCUT2D eigenvalue weighted by Gasteiger charge is -2.26. The largest absolute Gasteiger partial charge is 0.455 e. The molecule has 0 aliphatic rings. The van der Waals surface area contributed by atoms with Gasteiger partial charge >= 0.3 is 0 Å². The van der Waals surface area contributed by atoms with Crippen LogP contribution in [-0.2, 0) is 0 Å². The Morgan fingerprint density at radius 3 is 1.48 bits per heavy atom. The predicted octanol–water partition coefficient (Wildman–Crippen LogP) is 16.5. The number of fused-ring (bicyclic) bond motifs is 5. The van der Waals surface area contributed by atoms with Crippen molar-refractivity contribution >= 4 is 49.8 Å². The third kappa shape index (κ3) is 6.51. The molecular formula is C58H39NO. The lowest BCUT2D eigenvalue weighted by molar-refractivity contribution is 0.673. The van der Waals surface area contributed by atoms with Gasteiger partial charge in [0.05, 0.1) is 5.48 Å². The van der Waals surface area contributed by atoms with Crippen LogP contribution < -0.4 is 4.90 Å². The van der Waals surface area contributed by atoms with Crippen molar-refractivity contribution < 1.29 is 9.90 Å². The van der Waals surface area contributed by atoms with Crippen LogP contribution in [0.3, 0.4) is 0 Å². The van der Waals surface area contributed by atoms with Crippen LogP contribution in [0.2, 0.25) is 0 Å². The van der Waals surface area contributed by atoms with Crippen molar-refractivity contribution in [2.24, 2.45) is 0 Å². The zero-order valence-electron chi connectivity index (χ0n) is 36.6. The molecule has 0 atom stereocenters. The van der Waals surface area contributed by atoms with Gasteiger partial charge in [-0.1, -0.05) is 182 Å². The Morgan fingerprint density at radius 1 is 0.333 bits per heavy atom. The Labute approximate surface area is 355 Å². The number of anilines is 3. The van der Waals surface area contributed by atoms with Gasteiger partial charge in [-0.2, -0.15) is 0 Å². The van der Waals surface area contributed by atoms with Crippen molar-refractivity contribution in [3.05, 3.63) is 236 Å². The van der Waals surface area contributed by atoms with Gasteiger partial charge in [-0.05, 0) is 116 Å². The van der Waals surface area contributed by atoms with Crippen LogP contribution in [0.1, 0.15) is 5.48 Å². The van der Waals surface area contributed by atoms with E-state index in [4.69, 9.17) is 4.42 Å². The van der Waals surface area contributed by atoms with Crippen molar-refractivity contribution in [1.82, 2.24) is 0 Å². The average molecular weight is 770 g/mol. The van der Waals surface area contributed by atoms with Crippen LogP contribution in [0.5, 0.6) is 0 Å². The summed E-state index contributed by atoms with van der Waals surface area (Å²) in [5, 5.41) is 4.27. The summed E-state index contributed by atoms with van der Waals surface area (Å²) < 4.78 is 44.5. The van der Waals surface area contributed by atoms with Gasteiger partial charge in [0.25, 0.3) is 0 Å². The lowest BCUT2D eigenvalue weighted by atomic mass is 9.97. The van der Waals surface area contributed by atoms with E-state index in [0.717, 1.165) is 77.2 Å². The third-order valence-corrected chi connectivity index (χ3v) is 11.4. The summed E-state index contributed by atoms with van der Waals surface area (Å²) in [5.74, 6) is 0. The van der Waals surface area contributed by atoms with Crippen LogP contribution in [-0.4, -0.2) is 0 Å². The zero-order valence-corrected chi connectivity index (χ0v) is 32.6. The van der Waals surface area contributed by atoms with Crippen LogP contribution in [0, 0.1) is 0 Å². The molecule has 11 rings (SSSR count). The quantitative estimate of drug-likeness (QED) is 0.153. The number of rotatable bonds is 8. The molecule has 0 radical (unpaired) electrons. The van der Waals surface area contributed by atoms with Gasteiger partial charge in [0.2, 0.25) is 0 Å². The molecule has 1 aromatic heterocycles. The van der Waals surface area contributed by atoms with Crippen LogP contribution >= 0.6 is 0 Å². The molecular weight excluding hydrogens is 727 g/mol. The minimum Gasteiger partial charge on any atom is -0.455 e. The highest BCUT2D eigenvalue weighted by Gasteiger charge is 2.17. The third-order valence-electron chi connectivity index (χ3n) is 11.4. The smallest absolute Gasteiger partial charge is 0.143 e. The lowest BCUT2D eigenvalue weighted by Crippen LogP contribution is -2.09. The summed E-state index contributed by atoms with van der Waals surface area (Å²) in [4.78, 5) is 1.84. The Bertz CT molecular complexity index is 3480. The van der Waals surface area contributed by atoms with E-state index in [-0.39, 0.29) is 35.4 Å². The second-order valence-electron chi connectivity index (χ2n) is 15.0. The standard InChI is InChI=1S/C58H39NO/c1-3-11-40(12-4-1)42-21-23-43(24-22-42)44-25-32-50(33-26-44)59(51-34-27-45(28-35-51)49-17-9-16-48(39-49)41-13-5-2-6-14-41)52-36-29-47(30-37-52)53-19-10-20-56-57(53)55-38-31-46-15-7-8-18-54(46)58(55)60-56/h1-39H/i27D,28D,34D,35D. The highest BCUT2D eigenvalue weighted by Crippen LogP contribution is 2.42. The van der Waals surface area contributed by atoms with Gasteiger partial charge in [-0.15, -0.1) is 0 Å². The molecule has 282 valence electrons. The van der Waals surface area contributed by atoms with Crippen LogP contribution in [0.15, 0.2) is 241 Å². The van der Waals surface area contributed by atoms with Crippen LogP contribution in [0.25, 0.3) is 88.3 Å². The highest BCUT2D eigenvalue weighted by atomic mass is 16.3. The Morgan fingerprint density at radius 2 is 0.833 bits per heavy atom. The van der Waals surface area contributed by atoms with Crippen molar-refractivity contribution in [1.29, 1.82) is 0 Å². The number of hydrogen-bond acceptors (Lipinski definition) is 2. The van der Waals surface area contributed by atoms with E-state index in [9.17, 15) is 5.48 Å². The van der Waals surface area contributed by atoms with Crippen LogP contribution in [0.4, 0.5) is 17.1 Å². The fourth-order valence-corrected chi connectivity index (χ4v) is 8.33. The molecule has 11 aromatic rings. The number of nitrogens with zero attached hydrogens (tertiary/aromatic N) is 1. The topological polar surface area (TPSA) is 16.4 Å². The summed E-state index contributed by atoms with van der Waals surface area (Å²) in [6, 6.07) is 70.8. The first-order chi connectivity index (χ1) is 31.4. The second-order valence-corrected chi connectivity index (χ2v) is 15.0. The molecule has 0 amide bonds. The molecule has 0 saturated carbocycles. The minimum atomic E-state index is -0.132. The van der Waals surface area contributed by atoms with Gasteiger partial charge in [0.15, 0.2) is 0 Å². The fraction of sp³-hybridized carbons (Fsp3) is 0.